The van der Waals surface area contributed by atoms with Crippen LogP contribution >= 0.6 is 11.6 Å². The van der Waals surface area contributed by atoms with Gasteiger partial charge in [-0.15, -0.1) is 0 Å². The number of hydrogen-bond donors (Lipinski definition) is 2. The van der Waals surface area contributed by atoms with Crippen molar-refractivity contribution in [2.24, 2.45) is 5.92 Å². The zero-order chi connectivity index (χ0) is 17.8. The van der Waals surface area contributed by atoms with Crippen molar-refractivity contribution in [1.29, 1.82) is 0 Å². The van der Waals surface area contributed by atoms with Gasteiger partial charge in [0.05, 0.1) is 10.7 Å². The molecule has 5 nitrogen and oxygen atoms in total. The van der Waals surface area contributed by atoms with Gasteiger partial charge in [0.25, 0.3) is 5.91 Å². The van der Waals surface area contributed by atoms with E-state index in [2.05, 4.69) is 10.6 Å². The summed E-state index contributed by atoms with van der Waals surface area (Å²) in [5, 5.41) is 5.47. The molecule has 2 amide bonds. The molecule has 7 heteroatoms. The standard InChI is InChI=1S/C18H16ClFN2O3/c19-15-8-12(20)6-7-16(15)22-17(23)10-25-14-3-1-2-13(9-14)21-18(24)11-4-5-11/h1-3,6-9,11H,4-5,10H2,(H,21,24)(H,22,23). The Labute approximate surface area is 149 Å². The summed E-state index contributed by atoms with van der Waals surface area (Å²) in [6.07, 6.45) is 1.85. The van der Waals surface area contributed by atoms with Crippen molar-refractivity contribution in [3.8, 4) is 5.75 Å². The summed E-state index contributed by atoms with van der Waals surface area (Å²) in [6, 6.07) is 10.5. The van der Waals surface area contributed by atoms with E-state index in [-0.39, 0.29) is 23.5 Å². The number of ether oxygens (including phenoxy) is 1. The second-order valence-electron chi connectivity index (χ2n) is 5.75. The molecule has 2 N–H and O–H groups in total. The Morgan fingerprint density at radius 1 is 1.16 bits per heavy atom. The molecule has 0 aliphatic heterocycles. The van der Waals surface area contributed by atoms with Crippen LogP contribution < -0.4 is 15.4 Å². The summed E-state index contributed by atoms with van der Waals surface area (Å²) in [4.78, 5) is 23.7. The lowest BCUT2D eigenvalue weighted by molar-refractivity contribution is -0.118. The molecular formula is C18H16ClFN2O3. The summed E-state index contributed by atoms with van der Waals surface area (Å²) in [6.45, 7) is -0.242. The Kier molecular flexibility index (Phi) is 5.19. The number of halogens is 2. The highest BCUT2D eigenvalue weighted by Gasteiger charge is 2.29. The molecule has 1 saturated carbocycles. The van der Waals surface area contributed by atoms with Gasteiger partial charge in [0, 0.05) is 17.7 Å². The molecule has 0 unspecified atom stereocenters. The molecule has 0 radical (unpaired) electrons. The maximum Gasteiger partial charge on any atom is 0.262 e. The topological polar surface area (TPSA) is 67.4 Å². The van der Waals surface area contributed by atoms with Crippen molar-refractivity contribution in [2.75, 3.05) is 17.2 Å². The fourth-order valence-electron chi connectivity index (χ4n) is 2.18. The molecule has 2 aromatic carbocycles. The SMILES string of the molecule is O=C(COc1cccc(NC(=O)C2CC2)c1)Nc1ccc(F)cc1Cl. The van der Waals surface area contributed by atoms with Crippen LogP contribution in [-0.2, 0) is 9.59 Å². The van der Waals surface area contributed by atoms with Gasteiger partial charge in [-0.05, 0) is 43.2 Å². The molecule has 0 aromatic heterocycles. The van der Waals surface area contributed by atoms with Gasteiger partial charge < -0.3 is 15.4 Å². The molecule has 1 aliphatic carbocycles. The highest BCUT2D eigenvalue weighted by Crippen LogP contribution is 2.30. The van der Waals surface area contributed by atoms with Crippen LogP contribution in [0.1, 0.15) is 12.8 Å². The summed E-state index contributed by atoms with van der Waals surface area (Å²) in [5.41, 5.74) is 0.929. The van der Waals surface area contributed by atoms with Crippen molar-refractivity contribution in [3.05, 3.63) is 53.3 Å². The Bertz CT molecular complexity index is 809. The predicted molar refractivity (Wildman–Crippen MR) is 93.3 cm³/mol. The Morgan fingerprint density at radius 2 is 1.96 bits per heavy atom. The van der Waals surface area contributed by atoms with Crippen molar-refractivity contribution in [2.45, 2.75) is 12.8 Å². The van der Waals surface area contributed by atoms with Gasteiger partial charge in [0.2, 0.25) is 5.91 Å². The summed E-state index contributed by atoms with van der Waals surface area (Å²) in [5.74, 6) is -0.351. The molecule has 0 bridgehead atoms. The monoisotopic (exact) mass is 362 g/mol. The minimum atomic E-state index is -0.482. The number of carbonyl (C=O) groups excluding carboxylic acids is 2. The quantitative estimate of drug-likeness (QED) is 0.820. The van der Waals surface area contributed by atoms with E-state index in [1.54, 1.807) is 24.3 Å². The maximum absolute atomic E-state index is 13.0. The molecule has 2 aromatic rings. The predicted octanol–water partition coefficient (Wildman–Crippen LogP) is 3.85. The summed E-state index contributed by atoms with van der Waals surface area (Å²) < 4.78 is 18.4. The third-order valence-corrected chi connectivity index (χ3v) is 3.94. The van der Waals surface area contributed by atoms with E-state index < -0.39 is 11.7 Å². The Hall–Kier alpha value is -2.60. The van der Waals surface area contributed by atoms with E-state index in [9.17, 15) is 14.0 Å². The van der Waals surface area contributed by atoms with Crippen molar-refractivity contribution >= 4 is 34.8 Å². The van der Waals surface area contributed by atoms with Gasteiger partial charge in [-0.2, -0.15) is 0 Å². The van der Waals surface area contributed by atoms with E-state index in [0.717, 1.165) is 18.9 Å². The first-order chi connectivity index (χ1) is 12.0. The lowest BCUT2D eigenvalue weighted by Gasteiger charge is -2.10. The average molecular weight is 363 g/mol. The average Bonchev–Trinajstić information content (AvgIpc) is 3.41. The molecule has 1 aliphatic rings. The largest absolute Gasteiger partial charge is 0.484 e. The van der Waals surface area contributed by atoms with Crippen LogP contribution in [0.15, 0.2) is 42.5 Å². The number of rotatable bonds is 6. The third kappa shape index (κ3) is 4.93. The fraction of sp³-hybridized carbons (Fsp3) is 0.222. The molecule has 0 spiro atoms. The molecule has 0 atom stereocenters. The normalized spacial score (nSPS) is 13.2. The second kappa shape index (κ2) is 7.53. The third-order valence-electron chi connectivity index (χ3n) is 3.62. The van der Waals surface area contributed by atoms with Crippen LogP contribution in [0, 0.1) is 11.7 Å². The van der Waals surface area contributed by atoms with Gasteiger partial charge in [0.1, 0.15) is 11.6 Å². The first kappa shape index (κ1) is 17.2. The van der Waals surface area contributed by atoms with Gasteiger partial charge in [-0.1, -0.05) is 17.7 Å². The number of carbonyl (C=O) groups is 2. The maximum atomic E-state index is 13.0. The van der Waals surface area contributed by atoms with Gasteiger partial charge >= 0.3 is 0 Å². The van der Waals surface area contributed by atoms with E-state index >= 15 is 0 Å². The van der Waals surface area contributed by atoms with Crippen LogP contribution in [0.5, 0.6) is 5.75 Å². The number of nitrogens with one attached hydrogen (secondary N) is 2. The van der Waals surface area contributed by atoms with E-state index in [4.69, 9.17) is 16.3 Å². The molecule has 0 heterocycles. The van der Waals surface area contributed by atoms with Crippen LogP contribution in [0.2, 0.25) is 5.02 Å². The molecule has 25 heavy (non-hydrogen) atoms. The smallest absolute Gasteiger partial charge is 0.262 e. The second-order valence-corrected chi connectivity index (χ2v) is 6.16. The number of benzene rings is 2. The minimum Gasteiger partial charge on any atom is -0.484 e. The highest BCUT2D eigenvalue weighted by molar-refractivity contribution is 6.33. The van der Waals surface area contributed by atoms with Crippen molar-refractivity contribution in [3.63, 3.8) is 0 Å². The molecular weight excluding hydrogens is 347 g/mol. The lowest BCUT2D eigenvalue weighted by Crippen LogP contribution is -2.20. The number of amides is 2. The van der Waals surface area contributed by atoms with Crippen LogP contribution in [-0.4, -0.2) is 18.4 Å². The van der Waals surface area contributed by atoms with E-state index in [1.165, 1.54) is 12.1 Å². The van der Waals surface area contributed by atoms with Crippen LogP contribution in [0.3, 0.4) is 0 Å². The number of hydrogen-bond acceptors (Lipinski definition) is 3. The minimum absolute atomic E-state index is 0.000782. The number of anilines is 2. The molecule has 3 rings (SSSR count). The van der Waals surface area contributed by atoms with Crippen molar-refractivity contribution < 1.29 is 18.7 Å². The summed E-state index contributed by atoms with van der Waals surface area (Å²) >= 11 is 5.85. The van der Waals surface area contributed by atoms with Gasteiger partial charge in [-0.3, -0.25) is 9.59 Å². The van der Waals surface area contributed by atoms with E-state index in [0.29, 0.717) is 17.1 Å². The van der Waals surface area contributed by atoms with Gasteiger partial charge in [0.15, 0.2) is 6.61 Å². The zero-order valence-corrected chi connectivity index (χ0v) is 14.0. The molecule has 130 valence electrons. The van der Waals surface area contributed by atoms with Gasteiger partial charge in [-0.25, -0.2) is 4.39 Å². The van der Waals surface area contributed by atoms with E-state index in [1.807, 2.05) is 0 Å². The van der Waals surface area contributed by atoms with Crippen LogP contribution in [0.25, 0.3) is 0 Å². The van der Waals surface area contributed by atoms with Crippen LogP contribution in [0.4, 0.5) is 15.8 Å². The summed E-state index contributed by atoms with van der Waals surface area (Å²) in [7, 11) is 0. The first-order valence-corrected chi connectivity index (χ1v) is 8.18. The molecule has 0 saturated heterocycles. The molecule has 1 fully saturated rings. The Morgan fingerprint density at radius 3 is 2.68 bits per heavy atom. The first-order valence-electron chi connectivity index (χ1n) is 7.80. The lowest BCUT2D eigenvalue weighted by atomic mass is 10.3. The van der Waals surface area contributed by atoms with Crippen molar-refractivity contribution in [1.82, 2.24) is 0 Å². The zero-order valence-electron chi connectivity index (χ0n) is 13.2. The Balaban J connectivity index is 1.53. The fourth-order valence-corrected chi connectivity index (χ4v) is 2.39. The highest BCUT2D eigenvalue weighted by atomic mass is 35.5.